The third kappa shape index (κ3) is 6.55. The Balaban J connectivity index is 1.51. The predicted octanol–water partition coefficient (Wildman–Crippen LogP) is 6.85. The molecule has 1 aliphatic heterocycles. The summed E-state index contributed by atoms with van der Waals surface area (Å²) in [5.74, 6) is 0.260. The number of hydrogen-bond acceptors (Lipinski definition) is 5. The van der Waals surface area contributed by atoms with Crippen molar-refractivity contribution in [3.63, 3.8) is 0 Å². The second-order valence-corrected chi connectivity index (χ2v) is 10.5. The monoisotopic (exact) mass is 634 g/mol. The SMILES string of the molecule is COc1cc(/C=C2\SC(=NC(=O)c3ccc(Cl)cc3)NC2=O)c(Br)cc1OCc1ccc(Br)cc1. The molecule has 2 amide bonds. The number of carbonyl (C=O) groups excluding carboxylic acids is 2. The normalized spacial score (nSPS) is 15.4. The van der Waals surface area contributed by atoms with E-state index in [1.165, 1.54) is 0 Å². The fraction of sp³-hybridized carbons (Fsp3) is 0.0800. The van der Waals surface area contributed by atoms with E-state index in [2.05, 4.69) is 42.2 Å². The molecule has 1 aliphatic rings. The van der Waals surface area contributed by atoms with Crippen LogP contribution < -0.4 is 14.8 Å². The Labute approximate surface area is 228 Å². The molecule has 178 valence electrons. The van der Waals surface area contributed by atoms with Crippen molar-refractivity contribution in [2.24, 2.45) is 4.99 Å². The number of rotatable bonds is 6. The van der Waals surface area contributed by atoms with E-state index < -0.39 is 5.91 Å². The molecule has 0 atom stereocenters. The third-order valence-electron chi connectivity index (χ3n) is 4.82. The summed E-state index contributed by atoms with van der Waals surface area (Å²) in [6.07, 6.45) is 1.69. The summed E-state index contributed by atoms with van der Waals surface area (Å²) in [6.45, 7) is 0.371. The topological polar surface area (TPSA) is 77.0 Å². The number of ether oxygens (including phenoxy) is 2. The van der Waals surface area contributed by atoms with Crippen molar-refractivity contribution in [3.05, 3.63) is 96.2 Å². The minimum absolute atomic E-state index is 0.207. The smallest absolute Gasteiger partial charge is 0.279 e. The molecule has 4 rings (SSSR count). The largest absolute Gasteiger partial charge is 0.493 e. The van der Waals surface area contributed by atoms with Crippen LogP contribution in [0.1, 0.15) is 21.5 Å². The van der Waals surface area contributed by atoms with Gasteiger partial charge in [0.15, 0.2) is 16.7 Å². The molecule has 0 bridgehead atoms. The number of aliphatic imine (C=N–C) groups is 1. The van der Waals surface area contributed by atoms with Gasteiger partial charge in [0.2, 0.25) is 0 Å². The van der Waals surface area contributed by atoms with Gasteiger partial charge in [0.25, 0.3) is 11.8 Å². The van der Waals surface area contributed by atoms with Gasteiger partial charge in [-0.1, -0.05) is 55.6 Å². The first-order valence-corrected chi connectivity index (χ1v) is 12.9. The predicted molar refractivity (Wildman–Crippen MR) is 146 cm³/mol. The molecule has 0 saturated carbocycles. The molecule has 3 aromatic rings. The van der Waals surface area contributed by atoms with Crippen molar-refractivity contribution in [3.8, 4) is 11.5 Å². The molecule has 0 unspecified atom stereocenters. The van der Waals surface area contributed by atoms with E-state index in [0.717, 1.165) is 21.8 Å². The number of amidine groups is 1. The third-order valence-corrected chi connectivity index (χ3v) is 7.20. The lowest BCUT2D eigenvalue weighted by Crippen LogP contribution is -2.20. The highest BCUT2D eigenvalue weighted by atomic mass is 79.9. The van der Waals surface area contributed by atoms with Crippen LogP contribution in [0.25, 0.3) is 6.08 Å². The number of benzene rings is 3. The Morgan fingerprint density at radius 1 is 1.09 bits per heavy atom. The van der Waals surface area contributed by atoms with E-state index in [0.29, 0.717) is 43.6 Å². The lowest BCUT2D eigenvalue weighted by molar-refractivity contribution is -0.115. The summed E-state index contributed by atoms with van der Waals surface area (Å²) >= 11 is 13.9. The number of halogens is 3. The van der Waals surface area contributed by atoms with E-state index >= 15 is 0 Å². The van der Waals surface area contributed by atoms with Crippen molar-refractivity contribution < 1.29 is 19.1 Å². The Morgan fingerprint density at radius 2 is 1.80 bits per heavy atom. The molecule has 6 nitrogen and oxygen atoms in total. The van der Waals surface area contributed by atoms with Crippen molar-refractivity contribution in [2.75, 3.05) is 7.11 Å². The first-order valence-electron chi connectivity index (χ1n) is 10.2. The highest BCUT2D eigenvalue weighted by Crippen LogP contribution is 2.37. The van der Waals surface area contributed by atoms with Crippen LogP contribution in [0.2, 0.25) is 5.02 Å². The molecule has 0 aliphatic carbocycles. The van der Waals surface area contributed by atoms with E-state index in [1.54, 1.807) is 49.6 Å². The summed E-state index contributed by atoms with van der Waals surface area (Å²) < 4.78 is 13.2. The van der Waals surface area contributed by atoms with Gasteiger partial charge in [0.1, 0.15) is 6.61 Å². The van der Waals surface area contributed by atoms with Crippen LogP contribution in [-0.4, -0.2) is 24.1 Å². The quantitative estimate of drug-likeness (QED) is 0.300. The molecule has 1 N–H and O–H groups in total. The van der Waals surface area contributed by atoms with Crippen LogP contribution >= 0.6 is 55.2 Å². The number of methoxy groups -OCH3 is 1. The summed E-state index contributed by atoms with van der Waals surface area (Å²) in [7, 11) is 1.55. The Morgan fingerprint density at radius 3 is 2.49 bits per heavy atom. The first-order chi connectivity index (χ1) is 16.8. The maximum absolute atomic E-state index is 12.5. The van der Waals surface area contributed by atoms with Gasteiger partial charge in [0, 0.05) is 19.5 Å². The maximum Gasteiger partial charge on any atom is 0.279 e. The van der Waals surface area contributed by atoms with E-state index in [9.17, 15) is 9.59 Å². The van der Waals surface area contributed by atoms with Crippen LogP contribution in [-0.2, 0) is 11.4 Å². The summed E-state index contributed by atoms with van der Waals surface area (Å²) in [4.78, 5) is 29.3. The number of hydrogen-bond donors (Lipinski definition) is 1. The van der Waals surface area contributed by atoms with Gasteiger partial charge in [-0.3, -0.25) is 9.59 Å². The molecule has 1 saturated heterocycles. The fourth-order valence-electron chi connectivity index (χ4n) is 3.05. The first kappa shape index (κ1) is 25.5. The van der Waals surface area contributed by atoms with Crippen LogP contribution in [0.3, 0.4) is 0 Å². The minimum atomic E-state index is -0.471. The molecule has 3 aromatic carbocycles. The molecule has 35 heavy (non-hydrogen) atoms. The van der Waals surface area contributed by atoms with Crippen LogP contribution in [0.15, 0.2) is 79.5 Å². The average Bonchev–Trinajstić information content (AvgIpc) is 3.18. The highest BCUT2D eigenvalue weighted by molar-refractivity contribution is 9.10. The van der Waals surface area contributed by atoms with Crippen LogP contribution in [0, 0.1) is 0 Å². The van der Waals surface area contributed by atoms with Gasteiger partial charge in [-0.15, -0.1) is 0 Å². The van der Waals surface area contributed by atoms with E-state index in [1.807, 2.05) is 24.3 Å². The van der Waals surface area contributed by atoms with Gasteiger partial charge in [0.05, 0.1) is 12.0 Å². The van der Waals surface area contributed by atoms with Crippen molar-refractivity contribution in [1.29, 1.82) is 0 Å². The molecular weight excluding hydrogens is 620 g/mol. The van der Waals surface area contributed by atoms with Crippen LogP contribution in [0.5, 0.6) is 11.5 Å². The van der Waals surface area contributed by atoms with Crippen molar-refractivity contribution in [1.82, 2.24) is 5.32 Å². The summed E-state index contributed by atoms with van der Waals surface area (Å²) in [5.41, 5.74) is 2.10. The van der Waals surface area contributed by atoms with Gasteiger partial charge >= 0.3 is 0 Å². The Kier molecular flexibility index (Phi) is 8.33. The molecule has 1 heterocycles. The van der Waals surface area contributed by atoms with Gasteiger partial charge < -0.3 is 14.8 Å². The number of amides is 2. The molecule has 0 radical (unpaired) electrons. The van der Waals surface area contributed by atoms with E-state index in [-0.39, 0.29) is 11.1 Å². The van der Waals surface area contributed by atoms with Crippen molar-refractivity contribution >= 4 is 78.3 Å². The molecule has 1 fully saturated rings. The second-order valence-electron chi connectivity index (χ2n) is 7.23. The number of carbonyl (C=O) groups is 2. The van der Waals surface area contributed by atoms with Gasteiger partial charge in [-0.2, -0.15) is 4.99 Å². The summed E-state index contributed by atoms with van der Waals surface area (Å²) in [6, 6.07) is 17.8. The molecule has 0 spiro atoms. The minimum Gasteiger partial charge on any atom is -0.493 e. The van der Waals surface area contributed by atoms with E-state index in [4.69, 9.17) is 21.1 Å². The lowest BCUT2D eigenvalue weighted by Gasteiger charge is -2.13. The maximum atomic E-state index is 12.5. The highest BCUT2D eigenvalue weighted by Gasteiger charge is 2.25. The molecular formula is C25H17Br2ClN2O4S. The lowest BCUT2D eigenvalue weighted by atomic mass is 10.2. The summed E-state index contributed by atoms with van der Waals surface area (Å²) in [5, 5.41) is 3.35. The average molecular weight is 637 g/mol. The van der Waals surface area contributed by atoms with Crippen molar-refractivity contribution in [2.45, 2.75) is 6.61 Å². The molecule has 0 aromatic heterocycles. The number of nitrogens with zero attached hydrogens (tertiary/aromatic N) is 1. The number of thioether (sulfide) groups is 1. The van der Waals surface area contributed by atoms with Crippen LogP contribution in [0.4, 0.5) is 0 Å². The van der Waals surface area contributed by atoms with Gasteiger partial charge in [-0.25, -0.2) is 0 Å². The standard InChI is InChI=1S/C25H17Br2ClN2O4S/c1-33-20-10-16(19(27)12-21(20)34-13-14-2-6-17(26)7-3-14)11-22-24(32)30-25(35-22)29-23(31)15-4-8-18(28)9-5-15/h2-12H,13H2,1H3,(H,29,30,31,32)/b22-11-. The zero-order chi connectivity index (χ0) is 24.9. The fourth-order valence-corrected chi connectivity index (χ4v) is 4.68. The van der Waals surface area contributed by atoms with Gasteiger partial charge in [-0.05, 0) is 77.5 Å². The zero-order valence-electron chi connectivity index (χ0n) is 18.2. The zero-order valence-corrected chi connectivity index (χ0v) is 22.9. The Bertz CT molecular complexity index is 1340. The molecule has 10 heteroatoms. The Hall–Kier alpha value is -2.59. The number of nitrogens with one attached hydrogen (secondary N) is 1. The second kappa shape index (κ2) is 11.4.